The van der Waals surface area contributed by atoms with Crippen molar-refractivity contribution in [2.75, 3.05) is 7.11 Å². The van der Waals surface area contributed by atoms with Crippen LogP contribution in [0.5, 0.6) is 5.75 Å². The third-order valence-corrected chi connectivity index (χ3v) is 7.16. The highest BCUT2D eigenvalue weighted by atomic mass is 16.5. The van der Waals surface area contributed by atoms with Crippen molar-refractivity contribution >= 4 is 0 Å². The lowest BCUT2D eigenvalue weighted by atomic mass is 9.68. The maximum absolute atomic E-state index is 5.49. The van der Waals surface area contributed by atoms with Gasteiger partial charge in [-0.3, -0.25) is 0 Å². The molecule has 3 rings (SSSR count). The lowest BCUT2D eigenvalue weighted by molar-refractivity contribution is 0.171. The van der Waals surface area contributed by atoms with Crippen LogP contribution in [0.2, 0.25) is 0 Å². The molecule has 2 saturated carbocycles. The van der Waals surface area contributed by atoms with Crippen molar-refractivity contribution in [2.45, 2.75) is 78.1 Å². The van der Waals surface area contributed by atoms with Crippen LogP contribution in [0.4, 0.5) is 0 Å². The Morgan fingerprint density at radius 3 is 2.00 bits per heavy atom. The molecule has 0 radical (unpaired) electrons. The van der Waals surface area contributed by atoms with Gasteiger partial charge in [0.05, 0.1) is 7.11 Å². The molecule has 138 valence electrons. The van der Waals surface area contributed by atoms with Gasteiger partial charge in [0.25, 0.3) is 0 Å². The molecule has 1 nitrogen and oxygen atoms in total. The Morgan fingerprint density at radius 1 is 0.840 bits per heavy atom. The van der Waals surface area contributed by atoms with E-state index in [1.807, 2.05) is 0 Å². The zero-order valence-corrected chi connectivity index (χ0v) is 16.7. The van der Waals surface area contributed by atoms with E-state index in [-0.39, 0.29) is 0 Å². The topological polar surface area (TPSA) is 9.23 Å². The van der Waals surface area contributed by atoms with E-state index in [1.54, 1.807) is 12.7 Å². The minimum Gasteiger partial charge on any atom is -0.496 e. The molecular formula is C24H36O. The molecule has 0 spiro atoms. The fraction of sp³-hybridized carbons (Fsp3) is 0.667. The predicted molar refractivity (Wildman–Crippen MR) is 107 cm³/mol. The number of benzene rings is 1. The Balaban J connectivity index is 1.57. The van der Waals surface area contributed by atoms with Crippen molar-refractivity contribution < 1.29 is 4.74 Å². The van der Waals surface area contributed by atoms with Crippen LogP contribution in [-0.2, 0) is 0 Å². The highest BCUT2D eigenvalue weighted by Gasteiger charge is 2.31. The first kappa shape index (κ1) is 18.5. The summed E-state index contributed by atoms with van der Waals surface area (Å²) >= 11 is 0. The molecule has 2 fully saturated rings. The van der Waals surface area contributed by atoms with E-state index < -0.39 is 0 Å². The SMILES string of the molecule is C/C=C/C1CCC(C2CCC(c3ccc(OC)c(C)c3C)CC2)CC1. The maximum atomic E-state index is 5.49. The molecule has 0 unspecified atom stereocenters. The molecule has 0 atom stereocenters. The molecule has 0 amide bonds. The zero-order chi connectivity index (χ0) is 17.8. The van der Waals surface area contributed by atoms with Gasteiger partial charge < -0.3 is 4.74 Å². The van der Waals surface area contributed by atoms with Crippen molar-refractivity contribution in [3.05, 3.63) is 41.0 Å². The Labute approximate surface area is 154 Å². The average Bonchev–Trinajstić information content (AvgIpc) is 2.65. The van der Waals surface area contributed by atoms with E-state index >= 15 is 0 Å². The molecule has 0 aliphatic heterocycles. The van der Waals surface area contributed by atoms with Gasteiger partial charge in [-0.1, -0.05) is 18.2 Å². The fourth-order valence-corrected chi connectivity index (χ4v) is 5.46. The first-order chi connectivity index (χ1) is 12.1. The quantitative estimate of drug-likeness (QED) is 0.538. The summed E-state index contributed by atoms with van der Waals surface area (Å²) in [6.45, 7) is 6.64. The van der Waals surface area contributed by atoms with E-state index in [0.717, 1.165) is 29.4 Å². The van der Waals surface area contributed by atoms with Crippen molar-refractivity contribution in [1.29, 1.82) is 0 Å². The second-order valence-corrected chi connectivity index (χ2v) is 8.42. The van der Waals surface area contributed by atoms with Crippen LogP contribution in [0, 0.1) is 31.6 Å². The zero-order valence-electron chi connectivity index (χ0n) is 16.7. The van der Waals surface area contributed by atoms with Crippen LogP contribution < -0.4 is 4.74 Å². The second kappa shape index (κ2) is 8.43. The van der Waals surface area contributed by atoms with Crippen LogP contribution in [-0.4, -0.2) is 7.11 Å². The van der Waals surface area contributed by atoms with Crippen LogP contribution in [0.1, 0.15) is 80.9 Å². The van der Waals surface area contributed by atoms with Crippen molar-refractivity contribution in [1.82, 2.24) is 0 Å². The molecule has 0 N–H and O–H groups in total. The van der Waals surface area contributed by atoms with Crippen LogP contribution in [0.15, 0.2) is 24.3 Å². The summed E-state index contributed by atoms with van der Waals surface area (Å²) in [5.41, 5.74) is 4.35. The average molecular weight is 341 g/mol. The van der Waals surface area contributed by atoms with Gasteiger partial charge in [0, 0.05) is 0 Å². The molecule has 2 aliphatic carbocycles. The molecule has 0 heterocycles. The van der Waals surface area contributed by atoms with E-state index in [2.05, 4.69) is 45.1 Å². The maximum Gasteiger partial charge on any atom is 0.122 e. The monoisotopic (exact) mass is 340 g/mol. The van der Waals surface area contributed by atoms with Crippen LogP contribution in [0.3, 0.4) is 0 Å². The normalized spacial score (nSPS) is 30.6. The lowest BCUT2D eigenvalue weighted by Crippen LogP contribution is -2.25. The van der Waals surface area contributed by atoms with Crippen molar-refractivity contribution in [2.24, 2.45) is 17.8 Å². The smallest absolute Gasteiger partial charge is 0.122 e. The van der Waals surface area contributed by atoms with Gasteiger partial charge in [-0.2, -0.15) is 0 Å². The van der Waals surface area contributed by atoms with E-state index in [0.29, 0.717) is 0 Å². The van der Waals surface area contributed by atoms with Gasteiger partial charge in [0.15, 0.2) is 0 Å². The molecule has 0 saturated heterocycles. The van der Waals surface area contributed by atoms with Crippen LogP contribution in [0.25, 0.3) is 0 Å². The first-order valence-electron chi connectivity index (χ1n) is 10.4. The third-order valence-electron chi connectivity index (χ3n) is 7.16. The molecule has 25 heavy (non-hydrogen) atoms. The molecule has 1 heteroatoms. The number of rotatable bonds is 4. The summed E-state index contributed by atoms with van der Waals surface area (Å²) in [7, 11) is 1.78. The van der Waals surface area contributed by atoms with Crippen molar-refractivity contribution in [3.63, 3.8) is 0 Å². The van der Waals surface area contributed by atoms with E-state index in [9.17, 15) is 0 Å². The minimum atomic E-state index is 0.764. The Bertz CT molecular complexity index is 584. The lowest BCUT2D eigenvalue weighted by Gasteiger charge is -2.38. The Morgan fingerprint density at radius 2 is 1.44 bits per heavy atom. The number of hydrogen-bond donors (Lipinski definition) is 0. The largest absolute Gasteiger partial charge is 0.496 e. The first-order valence-corrected chi connectivity index (χ1v) is 10.4. The number of hydrogen-bond acceptors (Lipinski definition) is 1. The summed E-state index contributed by atoms with van der Waals surface area (Å²) in [6.07, 6.45) is 16.1. The van der Waals surface area contributed by atoms with Gasteiger partial charge in [-0.05, 0) is 119 Å². The molecule has 1 aromatic carbocycles. The van der Waals surface area contributed by atoms with Gasteiger partial charge >= 0.3 is 0 Å². The fourth-order valence-electron chi connectivity index (χ4n) is 5.46. The molecule has 0 aromatic heterocycles. The summed E-state index contributed by atoms with van der Waals surface area (Å²) in [5.74, 6) is 4.65. The highest BCUT2D eigenvalue weighted by Crippen LogP contribution is 2.45. The van der Waals surface area contributed by atoms with Gasteiger partial charge in [-0.15, -0.1) is 0 Å². The number of methoxy groups -OCH3 is 1. The Kier molecular flexibility index (Phi) is 6.25. The van der Waals surface area contributed by atoms with Gasteiger partial charge in [0.2, 0.25) is 0 Å². The standard InChI is InChI=1S/C24H36O/c1-5-6-19-7-9-20(10-8-19)21-11-13-22(14-12-21)23-15-16-24(25-4)18(3)17(23)2/h5-6,15-16,19-22H,7-14H2,1-4H3/b6-5+. The summed E-state index contributed by atoms with van der Waals surface area (Å²) < 4.78 is 5.49. The third kappa shape index (κ3) is 4.13. The van der Waals surface area contributed by atoms with Crippen LogP contribution >= 0.6 is 0 Å². The number of ether oxygens (including phenoxy) is 1. The number of allylic oxidation sites excluding steroid dienone is 2. The molecule has 0 bridgehead atoms. The molecule has 1 aromatic rings. The highest BCUT2D eigenvalue weighted by molar-refractivity contribution is 5.45. The second-order valence-electron chi connectivity index (χ2n) is 8.42. The summed E-state index contributed by atoms with van der Waals surface area (Å²) in [6, 6.07) is 4.50. The van der Waals surface area contributed by atoms with Gasteiger partial charge in [0.1, 0.15) is 5.75 Å². The van der Waals surface area contributed by atoms with E-state index in [4.69, 9.17) is 4.74 Å². The van der Waals surface area contributed by atoms with Gasteiger partial charge in [-0.25, -0.2) is 0 Å². The minimum absolute atomic E-state index is 0.764. The van der Waals surface area contributed by atoms with E-state index in [1.165, 1.54) is 62.5 Å². The summed E-state index contributed by atoms with van der Waals surface area (Å²) in [4.78, 5) is 0. The Hall–Kier alpha value is -1.24. The summed E-state index contributed by atoms with van der Waals surface area (Å²) in [5, 5.41) is 0. The predicted octanol–water partition coefficient (Wildman–Crippen LogP) is 6.97. The molecule has 2 aliphatic rings. The van der Waals surface area contributed by atoms with Crippen molar-refractivity contribution in [3.8, 4) is 5.75 Å². The molecular weight excluding hydrogens is 304 g/mol.